The van der Waals surface area contributed by atoms with E-state index < -0.39 is 43.9 Å². The van der Waals surface area contributed by atoms with Crippen molar-refractivity contribution in [1.29, 1.82) is 0 Å². The van der Waals surface area contributed by atoms with Crippen molar-refractivity contribution in [1.82, 2.24) is 9.55 Å². The van der Waals surface area contributed by atoms with Gasteiger partial charge in [-0.3, -0.25) is 14.3 Å². The molecule has 1 aromatic heterocycles. The molecule has 1 saturated heterocycles. The van der Waals surface area contributed by atoms with Gasteiger partial charge in [0.1, 0.15) is 29.4 Å². The van der Waals surface area contributed by atoms with Gasteiger partial charge in [0.25, 0.3) is 5.56 Å². The van der Waals surface area contributed by atoms with Crippen molar-refractivity contribution in [2.45, 2.75) is 37.4 Å². The Morgan fingerprint density at radius 2 is 1.40 bits per heavy atom. The number of rotatable bonds is 13. The lowest BCUT2D eigenvalue weighted by atomic mass is 9.80. The summed E-state index contributed by atoms with van der Waals surface area (Å²) in [5.74, 6) is 1.42. The largest absolute Gasteiger partial charge is 0.497 e. The monoisotopic (exact) mass is 636 g/mol. The number of ether oxygens (including phenoxy) is 4. The molecule has 1 N–H and O–H groups in total. The molecule has 3 aromatic carbocycles. The first-order valence-electron chi connectivity index (χ1n) is 14.3. The molecule has 2 heterocycles. The van der Waals surface area contributed by atoms with Crippen LogP contribution in [-0.4, -0.2) is 56.8 Å². The second-order valence-electron chi connectivity index (χ2n) is 10.4. The minimum Gasteiger partial charge on any atom is -0.497 e. The highest BCUT2D eigenvalue weighted by atomic mass is 31.2. The Morgan fingerprint density at radius 3 is 1.93 bits per heavy atom. The number of aryl methyl sites for hydroxylation is 1. The molecule has 0 radical (unpaired) electrons. The first-order chi connectivity index (χ1) is 21.8. The smallest absolute Gasteiger partial charge is 0.332 e. The zero-order chi connectivity index (χ0) is 32.0. The molecule has 238 valence electrons. The molecule has 0 spiro atoms. The lowest BCUT2D eigenvalue weighted by Crippen LogP contribution is -2.38. The highest BCUT2D eigenvalue weighted by Gasteiger charge is 2.44. The van der Waals surface area contributed by atoms with Crippen molar-refractivity contribution >= 4 is 8.60 Å². The molecule has 1 aliphatic rings. The van der Waals surface area contributed by atoms with Crippen LogP contribution in [0.2, 0.25) is 0 Å². The maximum atomic E-state index is 12.8. The Hall–Kier alpha value is -3.83. The summed E-state index contributed by atoms with van der Waals surface area (Å²) in [6, 6.07) is 25.4. The predicted octanol–water partition coefficient (Wildman–Crippen LogP) is 5.06. The maximum Gasteiger partial charge on any atom is 0.332 e. The Balaban J connectivity index is 1.58. The molecule has 0 bridgehead atoms. The minimum atomic E-state index is -1.69. The minimum absolute atomic E-state index is 0.0573. The van der Waals surface area contributed by atoms with Crippen LogP contribution in [0, 0.1) is 6.92 Å². The summed E-state index contributed by atoms with van der Waals surface area (Å²) in [5.41, 5.74) is 0.863. The molecule has 4 aromatic rings. The number of methoxy groups -OCH3 is 2. The molecule has 1 fully saturated rings. The number of aromatic amines is 1. The number of hydrogen-bond donors (Lipinski definition) is 1. The van der Waals surface area contributed by atoms with Crippen molar-refractivity contribution in [3.05, 3.63) is 128 Å². The molecule has 0 saturated carbocycles. The third-order valence-corrected chi connectivity index (χ3v) is 8.83. The Bertz CT molecular complexity index is 1610. The van der Waals surface area contributed by atoms with Gasteiger partial charge in [-0.05, 0) is 47.9 Å². The fourth-order valence-corrected chi connectivity index (χ4v) is 6.25. The predicted molar refractivity (Wildman–Crippen MR) is 169 cm³/mol. The van der Waals surface area contributed by atoms with Crippen LogP contribution in [0.25, 0.3) is 0 Å². The highest BCUT2D eigenvalue weighted by Crippen LogP contribution is 2.46. The second-order valence-corrected chi connectivity index (χ2v) is 11.8. The van der Waals surface area contributed by atoms with Gasteiger partial charge in [0.15, 0.2) is 0 Å². The summed E-state index contributed by atoms with van der Waals surface area (Å²) in [4.78, 5) is 27.2. The average Bonchev–Trinajstić information content (AvgIpc) is 3.48. The van der Waals surface area contributed by atoms with E-state index in [1.54, 1.807) is 21.1 Å². The van der Waals surface area contributed by atoms with E-state index in [9.17, 15) is 9.59 Å². The van der Waals surface area contributed by atoms with E-state index in [-0.39, 0.29) is 13.0 Å². The number of aromatic nitrogens is 2. The van der Waals surface area contributed by atoms with Crippen LogP contribution in [0.5, 0.6) is 11.5 Å². The van der Waals surface area contributed by atoms with E-state index in [4.69, 9.17) is 32.5 Å². The molecule has 0 amide bonds. The molecule has 5 rings (SSSR count). The normalized spacial score (nSPS) is 18.3. The van der Waals surface area contributed by atoms with Crippen LogP contribution in [0.3, 0.4) is 0 Å². The van der Waals surface area contributed by atoms with E-state index in [2.05, 4.69) is 4.98 Å². The van der Waals surface area contributed by atoms with Gasteiger partial charge in [-0.25, -0.2) is 4.79 Å². The van der Waals surface area contributed by atoms with Crippen LogP contribution >= 0.6 is 8.60 Å². The van der Waals surface area contributed by atoms with Gasteiger partial charge in [-0.1, -0.05) is 54.6 Å². The van der Waals surface area contributed by atoms with Crippen molar-refractivity contribution in [3.8, 4) is 11.5 Å². The number of H-pyrrole nitrogens is 1. The maximum absolute atomic E-state index is 12.8. The zero-order valence-electron chi connectivity index (χ0n) is 25.8. The van der Waals surface area contributed by atoms with Crippen LogP contribution in [0.1, 0.15) is 34.9 Å². The molecule has 0 unspecified atom stereocenters. The number of benzene rings is 3. The van der Waals surface area contributed by atoms with Crippen molar-refractivity contribution < 1.29 is 32.5 Å². The average molecular weight is 637 g/mol. The summed E-state index contributed by atoms with van der Waals surface area (Å²) in [6.45, 7) is 1.69. The van der Waals surface area contributed by atoms with Crippen LogP contribution in [-0.2, 0) is 28.6 Å². The van der Waals surface area contributed by atoms with E-state index in [1.807, 2.05) is 78.9 Å². The van der Waals surface area contributed by atoms with Gasteiger partial charge < -0.3 is 32.5 Å². The number of nitrogens with one attached hydrogen (secondary N) is 1. The SMILES string of the molecule is COc1ccc(C(OC[C@H]2O[C@@H](n3cc(C)c(=O)[nH]c3=O)C[C@@H]2OP(OC)OC)(c2ccccc2)c2ccc(OC)cc2)cc1. The molecular weight excluding hydrogens is 599 g/mol. The van der Waals surface area contributed by atoms with Crippen molar-refractivity contribution in [3.63, 3.8) is 0 Å². The fraction of sp³-hybridized carbons (Fsp3) is 0.333. The zero-order valence-corrected chi connectivity index (χ0v) is 26.7. The molecule has 3 atom stereocenters. The standard InChI is InChI=1S/C33H37N2O9P/c1-22-20-35(32(37)34-31(22)36)30-19-28(44-45(40-4)41-5)29(43-30)21-42-33(23-9-7-6-8-10-23,24-11-15-26(38-2)16-12-24)25-13-17-27(39-3)18-14-25/h6-18,20,28-30H,19,21H2,1-5H3,(H,34,36,37)/t28-,29+,30+/m0/s1. The Kier molecular flexibility index (Phi) is 10.5. The van der Waals surface area contributed by atoms with Crippen LogP contribution in [0.4, 0.5) is 0 Å². The van der Waals surface area contributed by atoms with E-state index in [0.717, 1.165) is 16.7 Å². The quantitative estimate of drug-likeness (QED) is 0.159. The first-order valence-corrected chi connectivity index (χ1v) is 15.4. The molecule has 11 nitrogen and oxygen atoms in total. The van der Waals surface area contributed by atoms with Gasteiger partial charge in [-0.15, -0.1) is 0 Å². The Labute approximate surface area is 262 Å². The molecule has 12 heteroatoms. The summed E-state index contributed by atoms with van der Waals surface area (Å²) >= 11 is 0. The first kappa shape index (κ1) is 32.6. The molecular formula is C33H37N2O9P. The lowest BCUT2D eigenvalue weighted by molar-refractivity contribution is -0.0927. The van der Waals surface area contributed by atoms with Crippen molar-refractivity contribution in [2.24, 2.45) is 0 Å². The molecule has 45 heavy (non-hydrogen) atoms. The van der Waals surface area contributed by atoms with Gasteiger partial charge in [0, 0.05) is 32.4 Å². The third-order valence-electron chi connectivity index (χ3n) is 7.79. The third kappa shape index (κ3) is 6.89. The van der Waals surface area contributed by atoms with Crippen LogP contribution < -0.4 is 20.7 Å². The number of hydrogen-bond acceptors (Lipinski definition) is 9. The molecule has 0 aliphatic carbocycles. The van der Waals surface area contributed by atoms with Gasteiger partial charge >= 0.3 is 14.3 Å². The van der Waals surface area contributed by atoms with E-state index in [0.29, 0.717) is 17.1 Å². The van der Waals surface area contributed by atoms with Crippen LogP contribution in [0.15, 0.2) is 94.6 Å². The summed E-state index contributed by atoms with van der Waals surface area (Å²) < 4.78 is 42.8. The van der Waals surface area contributed by atoms with Gasteiger partial charge in [0.2, 0.25) is 0 Å². The topological polar surface area (TPSA) is 119 Å². The van der Waals surface area contributed by atoms with Crippen molar-refractivity contribution in [2.75, 3.05) is 35.0 Å². The fourth-order valence-electron chi connectivity index (χ4n) is 5.48. The van der Waals surface area contributed by atoms with E-state index >= 15 is 0 Å². The summed E-state index contributed by atoms with van der Waals surface area (Å²) in [7, 11) is 4.55. The Morgan fingerprint density at radius 1 is 0.844 bits per heavy atom. The lowest BCUT2D eigenvalue weighted by Gasteiger charge is -2.37. The van der Waals surface area contributed by atoms with Gasteiger partial charge in [-0.2, -0.15) is 0 Å². The summed E-state index contributed by atoms with van der Waals surface area (Å²) in [5, 5.41) is 0. The molecule has 1 aliphatic heterocycles. The highest BCUT2D eigenvalue weighted by molar-refractivity contribution is 7.41. The van der Waals surface area contributed by atoms with Gasteiger partial charge in [0.05, 0.1) is 26.9 Å². The number of nitrogens with zero attached hydrogens (tertiary/aromatic N) is 1. The van der Waals surface area contributed by atoms with E-state index in [1.165, 1.54) is 25.0 Å². The summed E-state index contributed by atoms with van der Waals surface area (Å²) in [6.07, 6.45) is -0.173. The second kappa shape index (κ2) is 14.5.